The van der Waals surface area contributed by atoms with Crippen LogP contribution in [0.25, 0.3) is 0 Å². The third-order valence-electron chi connectivity index (χ3n) is 2.71. The number of hydrogen-bond acceptors (Lipinski definition) is 5. The van der Waals surface area contributed by atoms with Crippen LogP contribution in [-0.4, -0.2) is 32.7 Å². The van der Waals surface area contributed by atoms with Gasteiger partial charge < -0.3 is 20.1 Å². The van der Waals surface area contributed by atoms with E-state index in [0.717, 1.165) is 25.1 Å². The molecule has 0 heterocycles. The fourth-order valence-corrected chi connectivity index (χ4v) is 1.68. The molecule has 1 amide bonds. The molecule has 0 unspecified atom stereocenters. The zero-order valence-electron chi connectivity index (χ0n) is 12.4. The number of carbonyl (C=O) groups is 1. The van der Waals surface area contributed by atoms with Crippen molar-refractivity contribution in [1.29, 1.82) is 5.26 Å². The monoisotopic (exact) mass is 291 g/mol. The lowest BCUT2D eigenvalue weighted by molar-refractivity contribution is -0.122. The molecule has 2 N–H and O–H groups in total. The molecule has 0 aromatic heterocycles. The van der Waals surface area contributed by atoms with Crippen molar-refractivity contribution in [3.63, 3.8) is 0 Å². The molecule has 21 heavy (non-hydrogen) atoms. The molecular formula is C15H21N3O3. The first-order valence-electron chi connectivity index (χ1n) is 6.85. The highest BCUT2D eigenvalue weighted by atomic mass is 16.5. The van der Waals surface area contributed by atoms with Gasteiger partial charge in [-0.25, -0.2) is 0 Å². The van der Waals surface area contributed by atoms with Crippen LogP contribution in [0.5, 0.6) is 11.5 Å². The second kappa shape index (κ2) is 9.61. The third-order valence-corrected chi connectivity index (χ3v) is 2.71. The van der Waals surface area contributed by atoms with E-state index in [4.69, 9.17) is 14.7 Å². The molecular weight excluding hydrogens is 270 g/mol. The third kappa shape index (κ3) is 6.15. The topological polar surface area (TPSA) is 83.4 Å². The van der Waals surface area contributed by atoms with Gasteiger partial charge in [0.15, 0.2) is 18.1 Å². The second-order valence-corrected chi connectivity index (χ2v) is 4.39. The summed E-state index contributed by atoms with van der Waals surface area (Å²) in [5.41, 5.74) is 1.08. The molecule has 114 valence electrons. The van der Waals surface area contributed by atoms with Crippen molar-refractivity contribution in [3.8, 4) is 17.6 Å². The van der Waals surface area contributed by atoms with Crippen LogP contribution >= 0.6 is 0 Å². The van der Waals surface area contributed by atoms with Crippen molar-refractivity contribution in [2.75, 3.05) is 26.8 Å². The molecule has 0 radical (unpaired) electrons. The van der Waals surface area contributed by atoms with Crippen LogP contribution in [0.15, 0.2) is 18.2 Å². The fraction of sp³-hybridized carbons (Fsp3) is 0.467. The summed E-state index contributed by atoms with van der Waals surface area (Å²) in [5.74, 6) is 0.745. The molecule has 0 aliphatic heterocycles. The first kappa shape index (κ1) is 16.8. The van der Waals surface area contributed by atoms with E-state index in [-0.39, 0.29) is 19.1 Å². The number of nitriles is 1. The molecule has 0 bridgehead atoms. The molecule has 1 aromatic carbocycles. The van der Waals surface area contributed by atoms with Gasteiger partial charge in [-0.3, -0.25) is 4.79 Å². The Morgan fingerprint density at radius 3 is 2.86 bits per heavy atom. The normalized spacial score (nSPS) is 9.76. The number of benzene rings is 1. The molecule has 6 heteroatoms. The lowest BCUT2D eigenvalue weighted by atomic mass is 10.2. The number of amides is 1. The number of nitrogens with zero attached hydrogens (tertiary/aromatic N) is 1. The van der Waals surface area contributed by atoms with E-state index in [1.54, 1.807) is 13.2 Å². The Kier molecular flexibility index (Phi) is 7.69. The smallest absolute Gasteiger partial charge is 0.258 e. The molecule has 0 fully saturated rings. The van der Waals surface area contributed by atoms with Gasteiger partial charge >= 0.3 is 0 Å². The van der Waals surface area contributed by atoms with Gasteiger partial charge in [0.05, 0.1) is 13.2 Å². The van der Waals surface area contributed by atoms with Crippen LogP contribution in [0.3, 0.4) is 0 Å². The molecule has 0 atom stereocenters. The van der Waals surface area contributed by atoms with Crippen LogP contribution in [-0.2, 0) is 11.3 Å². The Balaban J connectivity index is 2.58. The minimum absolute atomic E-state index is 0.0264. The number of carbonyl (C=O) groups excluding carboxylic acids is 1. The Hall–Kier alpha value is -2.26. The van der Waals surface area contributed by atoms with Crippen LogP contribution in [0, 0.1) is 11.3 Å². The average molecular weight is 291 g/mol. The van der Waals surface area contributed by atoms with E-state index in [1.165, 1.54) is 0 Å². The molecule has 1 rings (SSSR count). The largest absolute Gasteiger partial charge is 0.493 e. The Labute approximate surface area is 125 Å². The predicted octanol–water partition coefficient (Wildman–Crippen LogP) is 1.21. The Morgan fingerprint density at radius 2 is 2.19 bits per heavy atom. The number of hydrogen-bond donors (Lipinski definition) is 2. The molecule has 0 saturated heterocycles. The average Bonchev–Trinajstić information content (AvgIpc) is 2.51. The first-order valence-corrected chi connectivity index (χ1v) is 6.85. The van der Waals surface area contributed by atoms with Crippen LogP contribution in [0.1, 0.15) is 18.9 Å². The van der Waals surface area contributed by atoms with Crippen molar-refractivity contribution in [2.45, 2.75) is 19.9 Å². The number of nitrogens with one attached hydrogen (secondary N) is 2. The number of rotatable bonds is 9. The van der Waals surface area contributed by atoms with Gasteiger partial charge in [-0.15, -0.1) is 0 Å². The fourth-order valence-electron chi connectivity index (χ4n) is 1.68. The van der Waals surface area contributed by atoms with Gasteiger partial charge in [-0.05, 0) is 30.7 Å². The van der Waals surface area contributed by atoms with E-state index in [2.05, 4.69) is 17.6 Å². The van der Waals surface area contributed by atoms with Gasteiger partial charge in [0, 0.05) is 6.54 Å². The Morgan fingerprint density at radius 1 is 1.38 bits per heavy atom. The zero-order chi connectivity index (χ0) is 15.5. The quantitative estimate of drug-likeness (QED) is 0.528. The van der Waals surface area contributed by atoms with Gasteiger partial charge in [0.25, 0.3) is 5.91 Å². The molecule has 0 aliphatic rings. The Bertz CT molecular complexity index is 497. The molecule has 0 spiro atoms. The van der Waals surface area contributed by atoms with E-state index < -0.39 is 0 Å². The minimum atomic E-state index is -0.340. The summed E-state index contributed by atoms with van der Waals surface area (Å²) in [6.45, 7) is 3.65. The standard InChI is InChI=1S/C15H21N3O3/c1-3-7-17-10-12-4-5-13(14(9-12)20-2)21-11-15(19)18-8-6-16/h4-5,9,17H,3,7-8,10-11H2,1-2H3,(H,18,19). The van der Waals surface area contributed by atoms with E-state index in [9.17, 15) is 4.79 Å². The maximum atomic E-state index is 11.4. The summed E-state index contributed by atoms with van der Waals surface area (Å²) < 4.78 is 10.7. The molecule has 0 aliphatic carbocycles. The second-order valence-electron chi connectivity index (χ2n) is 4.39. The number of ether oxygens (including phenoxy) is 2. The minimum Gasteiger partial charge on any atom is -0.493 e. The first-order chi connectivity index (χ1) is 10.2. The summed E-state index contributed by atoms with van der Waals surface area (Å²) in [6, 6.07) is 7.41. The van der Waals surface area contributed by atoms with Crippen molar-refractivity contribution in [2.24, 2.45) is 0 Å². The van der Waals surface area contributed by atoms with Crippen molar-refractivity contribution in [1.82, 2.24) is 10.6 Å². The highest BCUT2D eigenvalue weighted by Crippen LogP contribution is 2.27. The highest BCUT2D eigenvalue weighted by Gasteiger charge is 2.08. The van der Waals surface area contributed by atoms with Crippen molar-refractivity contribution >= 4 is 5.91 Å². The SMILES string of the molecule is CCCNCc1ccc(OCC(=O)NCC#N)c(OC)c1. The van der Waals surface area contributed by atoms with Crippen LogP contribution < -0.4 is 20.1 Å². The van der Waals surface area contributed by atoms with Gasteiger partial charge in [0.1, 0.15) is 6.54 Å². The predicted molar refractivity (Wildman–Crippen MR) is 79.1 cm³/mol. The summed E-state index contributed by atoms with van der Waals surface area (Å²) in [4.78, 5) is 11.4. The lowest BCUT2D eigenvalue weighted by Gasteiger charge is -2.12. The zero-order valence-corrected chi connectivity index (χ0v) is 12.4. The van der Waals surface area contributed by atoms with Crippen molar-refractivity contribution < 1.29 is 14.3 Å². The summed E-state index contributed by atoms with van der Waals surface area (Å²) in [5, 5.41) is 14.1. The molecule has 6 nitrogen and oxygen atoms in total. The summed E-state index contributed by atoms with van der Waals surface area (Å²) in [6.07, 6.45) is 1.08. The van der Waals surface area contributed by atoms with Crippen LogP contribution in [0.2, 0.25) is 0 Å². The maximum Gasteiger partial charge on any atom is 0.258 e. The van der Waals surface area contributed by atoms with Gasteiger partial charge in [-0.2, -0.15) is 5.26 Å². The highest BCUT2D eigenvalue weighted by molar-refractivity contribution is 5.77. The molecule has 1 aromatic rings. The van der Waals surface area contributed by atoms with E-state index >= 15 is 0 Å². The lowest BCUT2D eigenvalue weighted by Crippen LogP contribution is -2.29. The summed E-state index contributed by atoms with van der Waals surface area (Å²) >= 11 is 0. The number of methoxy groups -OCH3 is 1. The van der Waals surface area contributed by atoms with Gasteiger partial charge in [-0.1, -0.05) is 13.0 Å². The van der Waals surface area contributed by atoms with Crippen molar-refractivity contribution in [3.05, 3.63) is 23.8 Å². The maximum absolute atomic E-state index is 11.4. The van der Waals surface area contributed by atoms with E-state index in [0.29, 0.717) is 11.5 Å². The van der Waals surface area contributed by atoms with Crippen LogP contribution in [0.4, 0.5) is 0 Å². The summed E-state index contributed by atoms with van der Waals surface area (Å²) in [7, 11) is 1.56. The van der Waals surface area contributed by atoms with E-state index in [1.807, 2.05) is 18.2 Å². The van der Waals surface area contributed by atoms with Gasteiger partial charge in [0.2, 0.25) is 0 Å². The molecule has 0 saturated carbocycles.